The van der Waals surface area contributed by atoms with Crippen LogP contribution in [0.2, 0.25) is 0 Å². The topological polar surface area (TPSA) is 61.5 Å². The van der Waals surface area contributed by atoms with Crippen molar-refractivity contribution < 1.29 is 14.3 Å². The highest BCUT2D eigenvalue weighted by Gasteiger charge is 2.23. The number of carbonyl (C=O) groups excluding carboxylic acids is 1. The first-order chi connectivity index (χ1) is 8.53. The smallest absolute Gasteiger partial charge is 0.307 e. The minimum absolute atomic E-state index is 0.162. The van der Waals surface area contributed by atoms with Crippen LogP contribution in [0.25, 0.3) is 0 Å². The van der Waals surface area contributed by atoms with E-state index in [4.69, 9.17) is 15.2 Å². The van der Waals surface area contributed by atoms with Gasteiger partial charge in [0, 0.05) is 5.54 Å². The monoisotopic (exact) mass is 251 g/mol. The average molecular weight is 251 g/mol. The molecule has 0 heterocycles. The molecule has 0 aliphatic rings. The number of carbonyl (C=O) groups is 1. The summed E-state index contributed by atoms with van der Waals surface area (Å²) < 4.78 is 10.4. The highest BCUT2D eigenvalue weighted by Crippen LogP contribution is 2.09. The maximum absolute atomic E-state index is 11.3. The SMILES string of the molecule is CCOC(=O)CC(C)(N)COCc1ccccc1. The van der Waals surface area contributed by atoms with E-state index in [-0.39, 0.29) is 12.4 Å². The Balaban J connectivity index is 2.31. The number of nitrogens with two attached hydrogens (primary N) is 1. The van der Waals surface area contributed by atoms with Crippen LogP contribution in [0.1, 0.15) is 25.8 Å². The fourth-order valence-electron chi connectivity index (χ4n) is 1.57. The van der Waals surface area contributed by atoms with Gasteiger partial charge in [0.15, 0.2) is 0 Å². The zero-order valence-corrected chi connectivity index (χ0v) is 11.0. The van der Waals surface area contributed by atoms with Crippen molar-refractivity contribution in [3.05, 3.63) is 35.9 Å². The molecular formula is C14H21NO3. The first-order valence-corrected chi connectivity index (χ1v) is 6.09. The van der Waals surface area contributed by atoms with Gasteiger partial charge in [0.25, 0.3) is 0 Å². The zero-order valence-electron chi connectivity index (χ0n) is 11.0. The molecule has 0 radical (unpaired) electrons. The Morgan fingerprint density at radius 1 is 1.33 bits per heavy atom. The zero-order chi connectivity index (χ0) is 13.4. The Kier molecular flexibility index (Phi) is 5.82. The molecule has 1 rings (SSSR count). The van der Waals surface area contributed by atoms with E-state index in [2.05, 4.69) is 0 Å². The fourth-order valence-corrected chi connectivity index (χ4v) is 1.57. The van der Waals surface area contributed by atoms with Crippen LogP contribution in [0.3, 0.4) is 0 Å². The molecule has 1 aromatic carbocycles. The second kappa shape index (κ2) is 7.13. The lowest BCUT2D eigenvalue weighted by atomic mass is 10.0. The molecule has 0 aromatic heterocycles. The third-order valence-electron chi connectivity index (χ3n) is 2.40. The molecule has 1 aromatic rings. The van der Waals surface area contributed by atoms with E-state index in [1.807, 2.05) is 30.3 Å². The van der Waals surface area contributed by atoms with Crippen molar-refractivity contribution in [2.75, 3.05) is 13.2 Å². The van der Waals surface area contributed by atoms with Crippen molar-refractivity contribution in [1.82, 2.24) is 0 Å². The second-order valence-corrected chi connectivity index (χ2v) is 4.61. The van der Waals surface area contributed by atoms with Gasteiger partial charge in [-0.3, -0.25) is 4.79 Å². The van der Waals surface area contributed by atoms with Gasteiger partial charge in [0.2, 0.25) is 0 Å². The summed E-state index contributed by atoms with van der Waals surface area (Å²) in [7, 11) is 0. The second-order valence-electron chi connectivity index (χ2n) is 4.61. The van der Waals surface area contributed by atoms with Crippen LogP contribution in [-0.2, 0) is 20.9 Å². The molecule has 4 nitrogen and oxygen atoms in total. The third-order valence-corrected chi connectivity index (χ3v) is 2.40. The van der Waals surface area contributed by atoms with Gasteiger partial charge < -0.3 is 15.2 Å². The number of hydrogen-bond donors (Lipinski definition) is 1. The van der Waals surface area contributed by atoms with Gasteiger partial charge in [-0.25, -0.2) is 0 Å². The summed E-state index contributed by atoms with van der Waals surface area (Å²) in [5, 5.41) is 0. The van der Waals surface area contributed by atoms with Gasteiger partial charge in [0.05, 0.1) is 26.2 Å². The van der Waals surface area contributed by atoms with Gasteiger partial charge in [-0.05, 0) is 19.4 Å². The average Bonchev–Trinajstić information content (AvgIpc) is 2.29. The van der Waals surface area contributed by atoms with E-state index in [1.54, 1.807) is 13.8 Å². The predicted molar refractivity (Wildman–Crippen MR) is 69.9 cm³/mol. The van der Waals surface area contributed by atoms with E-state index in [9.17, 15) is 4.79 Å². The minimum Gasteiger partial charge on any atom is -0.466 e. The van der Waals surface area contributed by atoms with Crippen molar-refractivity contribution in [3.8, 4) is 0 Å². The van der Waals surface area contributed by atoms with Crippen molar-refractivity contribution >= 4 is 5.97 Å². The van der Waals surface area contributed by atoms with E-state index in [1.165, 1.54) is 0 Å². The third kappa shape index (κ3) is 5.80. The number of rotatable bonds is 7. The lowest BCUT2D eigenvalue weighted by molar-refractivity contribution is -0.145. The summed E-state index contributed by atoms with van der Waals surface area (Å²) in [6.07, 6.45) is 0.162. The summed E-state index contributed by atoms with van der Waals surface area (Å²) in [6.45, 7) is 4.75. The van der Waals surface area contributed by atoms with Crippen LogP contribution in [0.15, 0.2) is 30.3 Å². The summed E-state index contributed by atoms with van der Waals surface area (Å²) >= 11 is 0. The van der Waals surface area contributed by atoms with Gasteiger partial charge in [-0.1, -0.05) is 30.3 Å². The van der Waals surface area contributed by atoms with Crippen molar-refractivity contribution in [1.29, 1.82) is 0 Å². The van der Waals surface area contributed by atoms with Crippen LogP contribution in [0.5, 0.6) is 0 Å². The Labute approximate surface area is 108 Å². The van der Waals surface area contributed by atoms with E-state index in [0.29, 0.717) is 19.8 Å². The number of benzene rings is 1. The molecule has 0 aliphatic carbocycles. The van der Waals surface area contributed by atoms with Crippen molar-refractivity contribution in [2.45, 2.75) is 32.4 Å². The summed E-state index contributed by atoms with van der Waals surface area (Å²) in [5.41, 5.74) is 6.38. The van der Waals surface area contributed by atoms with Crippen molar-refractivity contribution in [2.24, 2.45) is 5.73 Å². The largest absolute Gasteiger partial charge is 0.466 e. The standard InChI is InChI=1S/C14H21NO3/c1-3-18-13(16)9-14(2,15)11-17-10-12-7-5-4-6-8-12/h4-8H,3,9-11,15H2,1-2H3. The fraction of sp³-hybridized carbons (Fsp3) is 0.500. The Bertz CT molecular complexity index is 363. The molecule has 0 spiro atoms. The first-order valence-electron chi connectivity index (χ1n) is 6.09. The predicted octanol–water partition coefficient (Wildman–Crippen LogP) is 1.87. The molecule has 1 atom stereocenters. The van der Waals surface area contributed by atoms with Gasteiger partial charge in [0.1, 0.15) is 0 Å². The van der Waals surface area contributed by atoms with E-state index < -0.39 is 5.54 Å². The van der Waals surface area contributed by atoms with Crippen LogP contribution >= 0.6 is 0 Å². The molecule has 0 saturated carbocycles. The quantitative estimate of drug-likeness (QED) is 0.751. The molecule has 100 valence electrons. The lowest BCUT2D eigenvalue weighted by Crippen LogP contribution is -2.43. The van der Waals surface area contributed by atoms with Gasteiger partial charge >= 0.3 is 5.97 Å². The highest BCUT2D eigenvalue weighted by molar-refractivity contribution is 5.70. The molecule has 18 heavy (non-hydrogen) atoms. The number of hydrogen-bond acceptors (Lipinski definition) is 4. The molecule has 0 saturated heterocycles. The Hall–Kier alpha value is -1.39. The molecular weight excluding hydrogens is 230 g/mol. The van der Waals surface area contributed by atoms with Crippen LogP contribution < -0.4 is 5.73 Å². The summed E-state index contributed by atoms with van der Waals surface area (Å²) in [4.78, 5) is 11.3. The summed E-state index contributed by atoms with van der Waals surface area (Å²) in [6, 6.07) is 9.84. The Morgan fingerprint density at radius 3 is 2.61 bits per heavy atom. The van der Waals surface area contributed by atoms with Crippen LogP contribution in [-0.4, -0.2) is 24.7 Å². The molecule has 4 heteroatoms. The number of ether oxygens (including phenoxy) is 2. The van der Waals surface area contributed by atoms with Gasteiger partial charge in [-0.15, -0.1) is 0 Å². The molecule has 0 amide bonds. The normalized spacial score (nSPS) is 13.9. The van der Waals surface area contributed by atoms with Crippen LogP contribution in [0.4, 0.5) is 0 Å². The molecule has 0 fully saturated rings. The molecule has 2 N–H and O–H groups in total. The lowest BCUT2D eigenvalue weighted by Gasteiger charge is -2.23. The first kappa shape index (κ1) is 14.7. The van der Waals surface area contributed by atoms with Gasteiger partial charge in [-0.2, -0.15) is 0 Å². The molecule has 0 aliphatic heterocycles. The summed E-state index contributed by atoms with van der Waals surface area (Å²) in [5.74, 6) is -0.286. The van der Waals surface area contributed by atoms with E-state index in [0.717, 1.165) is 5.56 Å². The molecule has 1 unspecified atom stereocenters. The van der Waals surface area contributed by atoms with E-state index >= 15 is 0 Å². The Morgan fingerprint density at radius 2 is 2.00 bits per heavy atom. The maximum atomic E-state index is 11.3. The van der Waals surface area contributed by atoms with Crippen molar-refractivity contribution in [3.63, 3.8) is 0 Å². The molecule has 0 bridgehead atoms. The van der Waals surface area contributed by atoms with Crippen LogP contribution in [0, 0.1) is 0 Å². The number of esters is 1. The maximum Gasteiger partial charge on any atom is 0.307 e. The minimum atomic E-state index is -0.693. The highest BCUT2D eigenvalue weighted by atomic mass is 16.5.